The van der Waals surface area contributed by atoms with Crippen LogP contribution < -0.4 is 11.1 Å². The molecule has 0 atom stereocenters. The Kier molecular flexibility index (Phi) is 4.47. The summed E-state index contributed by atoms with van der Waals surface area (Å²) < 4.78 is 1.79. The van der Waals surface area contributed by atoms with E-state index in [1.165, 1.54) is 6.92 Å². The molecule has 1 amide bonds. The molecular formula is C14H19N5O. The van der Waals surface area contributed by atoms with Crippen LogP contribution in [0.5, 0.6) is 0 Å². The van der Waals surface area contributed by atoms with Gasteiger partial charge in [-0.2, -0.15) is 0 Å². The molecule has 1 heterocycles. The molecule has 6 heteroatoms. The summed E-state index contributed by atoms with van der Waals surface area (Å²) in [5, 5.41) is 11.1. The van der Waals surface area contributed by atoms with Crippen LogP contribution in [-0.2, 0) is 17.8 Å². The second-order valence-electron chi connectivity index (χ2n) is 4.58. The number of hydrogen-bond donors (Lipinski definition) is 2. The van der Waals surface area contributed by atoms with Gasteiger partial charge in [0, 0.05) is 19.2 Å². The smallest absolute Gasteiger partial charge is 0.221 e. The van der Waals surface area contributed by atoms with E-state index in [0.717, 1.165) is 35.6 Å². The van der Waals surface area contributed by atoms with Gasteiger partial charge in [0.15, 0.2) is 0 Å². The van der Waals surface area contributed by atoms with E-state index < -0.39 is 0 Å². The van der Waals surface area contributed by atoms with Crippen LogP contribution in [0.3, 0.4) is 0 Å². The van der Waals surface area contributed by atoms with E-state index in [1.807, 2.05) is 24.3 Å². The first-order valence-electron chi connectivity index (χ1n) is 6.67. The second kappa shape index (κ2) is 6.29. The van der Waals surface area contributed by atoms with Crippen molar-refractivity contribution in [3.8, 4) is 5.69 Å². The molecule has 20 heavy (non-hydrogen) atoms. The number of aromatic nitrogens is 3. The maximum absolute atomic E-state index is 11.1. The largest absolute Gasteiger partial charge is 0.326 e. The van der Waals surface area contributed by atoms with Crippen molar-refractivity contribution < 1.29 is 4.79 Å². The molecule has 0 spiro atoms. The Morgan fingerprint density at radius 1 is 1.45 bits per heavy atom. The number of amides is 1. The Labute approximate surface area is 118 Å². The van der Waals surface area contributed by atoms with Crippen LogP contribution in [0.4, 0.5) is 5.69 Å². The van der Waals surface area contributed by atoms with E-state index in [9.17, 15) is 4.79 Å². The third-order valence-electron chi connectivity index (χ3n) is 2.93. The first kappa shape index (κ1) is 14.2. The molecule has 0 unspecified atom stereocenters. The quantitative estimate of drug-likeness (QED) is 0.867. The molecule has 6 nitrogen and oxygen atoms in total. The SMILES string of the molecule is CCCc1c(CN)nnn1-c1cccc(NC(C)=O)c1. The topological polar surface area (TPSA) is 85.8 Å². The normalized spacial score (nSPS) is 10.6. The summed E-state index contributed by atoms with van der Waals surface area (Å²) in [6.07, 6.45) is 1.86. The van der Waals surface area contributed by atoms with Crippen molar-refractivity contribution >= 4 is 11.6 Å². The van der Waals surface area contributed by atoms with Gasteiger partial charge >= 0.3 is 0 Å². The Hall–Kier alpha value is -2.21. The monoisotopic (exact) mass is 273 g/mol. The predicted octanol–water partition coefficient (Wildman–Crippen LogP) is 1.64. The molecule has 0 aliphatic rings. The lowest BCUT2D eigenvalue weighted by Gasteiger charge is -2.09. The van der Waals surface area contributed by atoms with Gasteiger partial charge in [-0.3, -0.25) is 4.79 Å². The standard InChI is InChI=1S/C14H19N5O/c1-3-5-14-13(9-15)17-18-19(14)12-7-4-6-11(8-12)16-10(2)20/h4,6-8H,3,5,9,15H2,1-2H3,(H,16,20). The minimum Gasteiger partial charge on any atom is -0.326 e. The average Bonchev–Trinajstić information content (AvgIpc) is 2.82. The van der Waals surface area contributed by atoms with Crippen LogP contribution in [-0.4, -0.2) is 20.9 Å². The number of rotatable bonds is 5. The molecule has 0 bridgehead atoms. The summed E-state index contributed by atoms with van der Waals surface area (Å²) >= 11 is 0. The zero-order chi connectivity index (χ0) is 14.5. The van der Waals surface area contributed by atoms with Crippen molar-refractivity contribution in [3.05, 3.63) is 35.7 Å². The molecule has 0 saturated carbocycles. The summed E-state index contributed by atoms with van der Waals surface area (Å²) in [4.78, 5) is 11.1. The minimum atomic E-state index is -0.0998. The third-order valence-corrected chi connectivity index (χ3v) is 2.93. The molecular weight excluding hydrogens is 254 g/mol. The molecule has 2 aromatic rings. The van der Waals surface area contributed by atoms with Gasteiger partial charge in [-0.15, -0.1) is 5.10 Å². The maximum atomic E-state index is 11.1. The lowest BCUT2D eigenvalue weighted by atomic mass is 10.2. The van der Waals surface area contributed by atoms with Crippen molar-refractivity contribution in [1.82, 2.24) is 15.0 Å². The number of nitrogens with zero attached hydrogens (tertiary/aromatic N) is 3. The molecule has 1 aromatic carbocycles. The minimum absolute atomic E-state index is 0.0998. The van der Waals surface area contributed by atoms with Gasteiger partial charge in [0.1, 0.15) is 0 Å². The molecule has 0 aliphatic heterocycles. The van der Waals surface area contributed by atoms with Gasteiger partial charge in [0.2, 0.25) is 5.91 Å². The highest BCUT2D eigenvalue weighted by Crippen LogP contribution is 2.18. The van der Waals surface area contributed by atoms with E-state index >= 15 is 0 Å². The Bertz CT molecular complexity index is 605. The second-order valence-corrected chi connectivity index (χ2v) is 4.58. The van der Waals surface area contributed by atoms with E-state index in [0.29, 0.717) is 6.54 Å². The summed E-state index contributed by atoms with van der Waals surface area (Å²) in [7, 11) is 0. The van der Waals surface area contributed by atoms with Crippen LogP contribution in [0, 0.1) is 0 Å². The van der Waals surface area contributed by atoms with Gasteiger partial charge in [-0.25, -0.2) is 4.68 Å². The number of benzene rings is 1. The lowest BCUT2D eigenvalue weighted by Crippen LogP contribution is -2.08. The fraction of sp³-hybridized carbons (Fsp3) is 0.357. The third kappa shape index (κ3) is 3.03. The first-order chi connectivity index (χ1) is 9.65. The molecule has 106 valence electrons. The molecule has 0 saturated heterocycles. The molecule has 1 aromatic heterocycles. The van der Waals surface area contributed by atoms with Crippen molar-refractivity contribution in [3.63, 3.8) is 0 Å². The van der Waals surface area contributed by atoms with Crippen LogP contribution in [0.1, 0.15) is 31.7 Å². The number of carbonyl (C=O) groups excluding carboxylic acids is 1. The highest BCUT2D eigenvalue weighted by molar-refractivity contribution is 5.88. The molecule has 0 fully saturated rings. The highest BCUT2D eigenvalue weighted by Gasteiger charge is 2.12. The van der Waals surface area contributed by atoms with E-state index in [-0.39, 0.29) is 5.91 Å². The van der Waals surface area contributed by atoms with Crippen molar-refractivity contribution in [1.29, 1.82) is 0 Å². The van der Waals surface area contributed by atoms with Crippen LogP contribution in [0.15, 0.2) is 24.3 Å². The fourth-order valence-corrected chi connectivity index (χ4v) is 2.10. The summed E-state index contributed by atoms with van der Waals surface area (Å²) in [5.41, 5.74) is 9.14. The molecule has 0 radical (unpaired) electrons. The summed E-state index contributed by atoms with van der Waals surface area (Å²) in [6.45, 7) is 3.96. The number of anilines is 1. The van der Waals surface area contributed by atoms with Gasteiger partial charge in [0.05, 0.1) is 17.1 Å². The van der Waals surface area contributed by atoms with Crippen molar-refractivity contribution in [2.24, 2.45) is 5.73 Å². The number of nitrogens with two attached hydrogens (primary N) is 1. The number of nitrogens with one attached hydrogen (secondary N) is 1. The van der Waals surface area contributed by atoms with Gasteiger partial charge in [-0.1, -0.05) is 24.6 Å². The van der Waals surface area contributed by atoms with Gasteiger partial charge in [0.25, 0.3) is 0 Å². The molecule has 3 N–H and O–H groups in total. The number of hydrogen-bond acceptors (Lipinski definition) is 4. The van der Waals surface area contributed by atoms with E-state index in [1.54, 1.807) is 4.68 Å². The predicted molar refractivity (Wildman–Crippen MR) is 77.5 cm³/mol. The zero-order valence-corrected chi connectivity index (χ0v) is 11.8. The Morgan fingerprint density at radius 2 is 2.25 bits per heavy atom. The molecule has 2 rings (SSSR count). The number of carbonyl (C=O) groups is 1. The fourth-order valence-electron chi connectivity index (χ4n) is 2.10. The summed E-state index contributed by atoms with van der Waals surface area (Å²) in [5.74, 6) is -0.0998. The van der Waals surface area contributed by atoms with E-state index in [2.05, 4.69) is 22.6 Å². The zero-order valence-electron chi connectivity index (χ0n) is 11.8. The van der Waals surface area contributed by atoms with Crippen LogP contribution >= 0.6 is 0 Å². The van der Waals surface area contributed by atoms with Crippen LogP contribution in [0.2, 0.25) is 0 Å². The molecule has 0 aliphatic carbocycles. The maximum Gasteiger partial charge on any atom is 0.221 e. The lowest BCUT2D eigenvalue weighted by molar-refractivity contribution is -0.114. The first-order valence-corrected chi connectivity index (χ1v) is 6.67. The van der Waals surface area contributed by atoms with Gasteiger partial charge in [-0.05, 0) is 24.6 Å². The van der Waals surface area contributed by atoms with Crippen molar-refractivity contribution in [2.75, 3.05) is 5.32 Å². The van der Waals surface area contributed by atoms with Crippen LogP contribution in [0.25, 0.3) is 5.69 Å². The Morgan fingerprint density at radius 3 is 2.90 bits per heavy atom. The van der Waals surface area contributed by atoms with E-state index in [4.69, 9.17) is 5.73 Å². The van der Waals surface area contributed by atoms with Gasteiger partial charge < -0.3 is 11.1 Å². The highest BCUT2D eigenvalue weighted by atomic mass is 16.1. The average molecular weight is 273 g/mol. The summed E-state index contributed by atoms with van der Waals surface area (Å²) in [6, 6.07) is 7.51. The van der Waals surface area contributed by atoms with Crippen molar-refractivity contribution in [2.45, 2.75) is 33.2 Å². The Balaban J connectivity index is 2.40.